The molecule has 3 aromatic rings. The Balaban J connectivity index is 1.68. The maximum absolute atomic E-state index is 14.1. The van der Waals surface area contributed by atoms with E-state index in [1.54, 1.807) is 36.2 Å². The van der Waals surface area contributed by atoms with Crippen LogP contribution in [0.4, 0.5) is 27.1 Å². The Labute approximate surface area is 171 Å². The van der Waals surface area contributed by atoms with Crippen molar-refractivity contribution in [2.75, 3.05) is 61.1 Å². The Morgan fingerprint density at radius 2 is 1.80 bits per heavy atom. The zero-order chi connectivity index (χ0) is 21.3. The van der Waals surface area contributed by atoms with Gasteiger partial charge in [-0.15, -0.1) is 0 Å². The van der Waals surface area contributed by atoms with Crippen LogP contribution in [0.15, 0.2) is 35.0 Å². The summed E-state index contributed by atoms with van der Waals surface area (Å²) in [7, 11) is 1.66. The van der Waals surface area contributed by atoms with Crippen molar-refractivity contribution in [3.05, 3.63) is 46.3 Å². The molecule has 1 N–H and O–H groups in total. The first-order valence-corrected chi connectivity index (χ1v) is 9.51. The van der Waals surface area contributed by atoms with Gasteiger partial charge in [-0.05, 0) is 28.5 Å². The fourth-order valence-electron chi connectivity index (χ4n) is 3.78. The molecule has 1 fully saturated rings. The lowest BCUT2D eigenvalue weighted by molar-refractivity contribution is -0.382. The number of likely N-dealkylation sites (N-methyl/N-ethyl adjacent to an activating group) is 1. The number of nitrogens with zero attached hydrogens (tertiary/aromatic N) is 6. The second kappa shape index (κ2) is 8.11. The number of nitro groups is 1. The van der Waals surface area contributed by atoms with E-state index >= 15 is 0 Å². The number of hydrogen-bond donors (Lipinski definition) is 1. The number of anilines is 3. The number of para-hydroxylation sites is 1. The molecule has 0 saturated carbocycles. The van der Waals surface area contributed by atoms with Gasteiger partial charge in [0.25, 0.3) is 0 Å². The fourth-order valence-corrected chi connectivity index (χ4v) is 3.78. The molecular formula is C19H21FN6O4. The number of halogens is 1. The van der Waals surface area contributed by atoms with Crippen LogP contribution in [0.25, 0.3) is 11.0 Å². The van der Waals surface area contributed by atoms with E-state index < -0.39 is 4.92 Å². The Morgan fingerprint density at radius 3 is 2.43 bits per heavy atom. The van der Waals surface area contributed by atoms with Gasteiger partial charge in [0.2, 0.25) is 5.52 Å². The molecule has 2 aromatic carbocycles. The average Bonchev–Trinajstić information content (AvgIpc) is 3.22. The van der Waals surface area contributed by atoms with Gasteiger partial charge in [-0.1, -0.05) is 12.1 Å². The number of piperazine rings is 1. The summed E-state index contributed by atoms with van der Waals surface area (Å²) >= 11 is 0. The Bertz CT molecular complexity index is 1070. The first kappa shape index (κ1) is 19.8. The highest BCUT2D eigenvalue weighted by atomic mass is 19.1. The maximum atomic E-state index is 14.1. The minimum Gasteiger partial charge on any atom is -0.395 e. The van der Waals surface area contributed by atoms with E-state index in [-0.39, 0.29) is 30.2 Å². The minimum atomic E-state index is -0.518. The maximum Gasteiger partial charge on any atom is 0.323 e. The molecule has 0 spiro atoms. The minimum absolute atomic E-state index is 0.0637. The highest BCUT2D eigenvalue weighted by Gasteiger charge is 2.30. The van der Waals surface area contributed by atoms with Crippen molar-refractivity contribution in [2.45, 2.75) is 0 Å². The van der Waals surface area contributed by atoms with Crippen molar-refractivity contribution in [1.82, 2.24) is 10.3 Å². The van der Waals surface area contributed by atoms with Crippen molar-refractivity contribution in [3.8, 4) is 0 Å². The molecule has 1 saturated heterocycles. The van der Waals surface area contributed by atoms with Crippen LogP contribution in [0.5, 0.6) is 0 Å². The SMILES string of the molecule is CN(CCO)c1cc(N2CCN(c3ccccc3F)CC2)c2nonc2c1[N+](=O)[O-]. The van der Waals surface area contributed by atoms with E-state index in [1.165, 1.54) is 6.07 Å². The van der Waals surface area contributed by atoms with Gasteiger partial charge >= 0.3 is 5.69 Å². The van der Waals surface area contributed by atoms with Gasteiger partial charge in [0, 0.05) is 39.8 Å². The summed E-state index contributed by atoms with van der Waals surface area (Å²) < 4.78 is 18.9. The van der Waals surface area contributed by atoms with E-state index in [0.29, 0.717) is 48.8 Å². The van der Waals surface area contributed by atoms with Gasteiger partial charge in [0.1, 0.15) is 11.5 Å². The van der Waals surface area contributed by atoms with Gasteiger partial charge in [0.05, 0.1) is 22.9 Å². The van der Waals surface area contributed by atoms with E-state index in [0.717, 1.165) is 0 Å². The molecule has 30 heavy (non-hydrogen) atoms. The standard InChI is InChI=1S/C19H21FN6O4/c1-23(10-11-27)16-12-15(17-18(22-30-21-17)19(16)26(28)29)25-8-6-24(7-9-25)14-5-3-2-4-13(14)20/h2-5,12,27H,6-11H2,1H3. The van der Waals surface area contributed by atoms with Crippen LogP contribution >= 0.6 is 0 Å². The molecule has 1 aliphatic rings. The first-order valence-electron chi connectivity index (χ1n) is 9.51. The van der Waals surface area contributed by atoms with Gasteiger partial charge < -0.3 is 19.8 Å². The number of fused-ring (bicyclic) bond motifs is 1. The molecule has 0 unspecified atom stereocenters. The third-order valence-corrected chi connectivity index (χ3v) is 5.31. The Morgan fingerprint density at radius 1 is 1.17 bits per heavy atom. The molecule has 1 aromatic heterocycles. The van der Waals surface area contributed by atoms with E-state index in [2.05, 4.69) is 10.3 Å². The lowest BCUT2D eigenvalue weighted by Gasteiger charge is -2.37. The normalized spacial score (nSPS) is 14.4. The van der Waals surface area contributed by atoms with Crippen molar-refractivity contribution < 1.29 is 19.0 Å². The van der Waals surface area contributed by atoms with Crippen LogP contribution < -0.4 is 14.7 Å². The molecule has 0 aliphatic carbocycles. The number of nitro benzene ring substituents is 1. The average molecular weight is 416 g/mol. The van der Waals surface area contributed by atoms with Crippen LogP contribution in [0.3, 0.4) is 0 Å². The lowest BCUT2D eigenvalue weighted by Crippen LogP contribution is -2.47. The lowest BCUT2D eigenvalue weighted by atomic mass is 10.1. The quantitative estimate of drug-likeness (QED) is 0.476. The zero-order valence-electron chi connectivity index (χ0n) is 16.4. The van der Waals surface area contributed by atoms with Crippen molar-refractivity contribution in [3.63, 3.8) is 0 Å². The number of aromatic nitrogens is 2. The predicted octanol–water partition coefficient (Wildman–Crippen LogP) is 2.03. The zero-order valence-corrected chi connectivity index (χ0v) is 16.4. The summed E-state index contributed by atoms with van der Waals surface area (Å²) in [6, 6.07) is 8.32. The van der Waals surface area contributed by atoms with Crippen LogP contribution in [0.1, 0.15) is 0 Å². The largest absolute Gasteiger partial charge is 0.395 e. The molecule has 0 atom stereocenters. The summed E-state index contributed by atoms with van der Waals surface area (Å²) in [4.78, 5) is 16.8. The molecule has 2 heterocycles. The molecule has 0 radical (unpaired) electrons. The number of rotatable bonds is 6. The summed E-state index contributed by atoms with van der Waals surface area (Å²) in [5.74, 6) is -0.266. The summed E-state index contributed by atoms with van der Waals surface area (Å²) in [5, 5.41) is 28.7. The Hall–Kier alpha value is -3.47. The summed E-state index contributed by atoms with van der Waals surface area (Å²) in [5.41, 5.74) is 1.69. The van der Waals surface area contributed by atoms with Gasteiger partial charge in [-0.2, -0.15) is 0 Å². The third kappa shape index (κ3) is 3.47. The second-order valence-corrected chi connectivity index (χ2v) is 7.05. The van der Waals surface area contributed by atoms with Gasteiger partial charge in [0.15, 0.2) is 5.52 Å². The molecule has 11 heteroatoms. The third-order valence-electron chi connectivity index (χ3n) is 5.31. The van der Waals surface area contributed by atoms with Gasteiger partial charge in [-0.25, -0.2) is 9.02 Å². The van der Waals surface area contributed by atoms with Gasteiger partial charge in [-0.3, -0.25) is 10.1 Å². The monoisotopic (exact) mass is 416 g/mol. The topological polar surface area (TPSA) is 112 Å². The summed E-state index contributed by atoms with van der Waals surface area (Å²) in [6.07, 6.45) is 0. The molecule has 0 amide bonds. The molecule has 158 valence electrons. The van der Waals surface area contributed by atoms with Crippen LogP contribution in [0.2, 0.25) is 0 Å². The highest BCUT2D eigenvalue weighted by Crippen LogP contribution is 2.40. The number of benzene rings is 2. The van der Waals surface area contributed by atoms with Crippen LogP contribution in [-0.4, -0.2) is 66.7 Å². The summed E-state index contributed by atoms with van der Waals surface area (Å²) in [6.45, 7) is 2.35. The first-order chi connectivity index (χ1) is 14.5. The van der Waals surface area contributed by atoms with E-state index in [4.69, 9.17) is 4.63 Å². The van der Waals surface area contributed by atoms with Crippen molar-refractivity contribution in [2.24, 2.45) is 0 Å². The van der Waals surface area contributed by atoms with Crippen molar-refractivity contribution in [1.29, 1.82) is 0 Å². The highest BCUT2D eigenvalue weighted by molar-refractivity contribution is 6.00. The number of aliphatic hydroxyl groups excluding tert-OH is 1. The molecule has 0 bridgehead atoms. The van der Waals surface area contributed by atoms with E-state index in [9.17, 15) is 19.6 Å². The van der Waals surface area contributed by atoms with Crippen LogP contribution in [0, 0.1) is 15.9 Å². The molecular weight excluding hydrogens is 395 g/mol. The Kier molecular flexibility index (Phi) is 5.36. The smallest absolute Gasteiger partial charge is 0.323 e. The number of aliphatic hydroxyl groups is 1. The van der Waals surface area contributed by atoms with Crippen LogP contribution in [-0.2, 0) is 0 Å². The molecule has 10 nitrogen and oxygen atoms in total. The van der Waals surface area contributed by atoms with Crippen molar-refractivity contribution >= 4 is 33.8 Å². The molecule has 1 aliphatic heterocycles. The predicted molar refractivity (Wildman–Crippen MR) is 110 cm³/mol. The van der Waals surface area contributed by atoms with E-state index in [1.807, 2.05) is 9.80 Å². The fraction of sp³-hybridized carbons (Fsp3) is 0.368. The second-order valence-electron chi connectivity index (χ2n) is 7.05. The number of hydrogen-bond acceptors (Lipinski definition) is 9. The molecule has 4 rings (SSSR count).